The Kier molecular flexibility index (Phi) is 6.65. The van der Waals surface area contributed by atoms with Crippen molar-refractivity contribution in [2.75, 3.05) is 6.61 Å². The van der Waals surface area contributed by atoms with E-state index >= 15 is 0 Å². The zero-order valence-electron chi connectivity index (χ0n) is 10.5. The van der Waals surface area contributed by atoms with E-state index in [0.717, 1.165) is 0 Å². The molecule has 1 aliphatic rings. The van der Waals surface area contributed by atoms with Crippen LogP contribution in [-0.2, 0) is 39.1 Å². The van der Waals surface area contributed by atoms with Gasteiger partial charge < -0.3 is 16.4 Å². The summed E-state index contributed by atoms with van der Waals surface area (Å²) in [7, 11) is 2.42. The van der Waals surface area contributed by atoms with Gasteiger partial charge >= 0.3 is 0 Å². The molecule has 2 rings (SSSR count). The summed E-state index contributed by atoms with van der Waals surface area (Å²) in [6.45, 7) is 0.605. The molecule has 0 unspecified atom stereocenters. The second kappa shape index (κ2) is 8.02. The molecule has 2 radical (unpaired) electrons. The van der Waals surface area contributed by atoms with Gasteiger partial charge in [0, 0.05) is 39.3 Å². The van der Waals surface area contributed by atoms with Gasteiger partial charge in [0.25, 0.3) is 0 Å². The maximum atomic E-state index is 6.83. The smallest absolute Gasteiger partial charge is 0.210 e. The van der Waals surface area contributed by atoms with Crippen LogP contribution in [0.5, 0.6) is 0 Å². The molecule has 0 amide bonds. The molecule has 2 atom stereocenters. The van der Waals surface area contributed by atoms with Crippen LogP contribution in [0.2, 0.25) is 12.1 Å². The standard InChI is InChI=1S/C12H17BOS.Y/c14-9-10-6-7-13-12(10)5-1-3-11-4-2-8-15-11;/h2,4,10,12,14H,1,3,5-7,9H2;/q-1;/t10-,12-;/m1./s1/i14D;. The molecular formula is C12H17BOSY-. The Balaban J connectivity index is 0.00000144. The van der Waals surface area contributed by atoms with Crippen molar-refractivity contribution in [3.63, 3.8) is 0 Å². The summed E-state index contributed by atoms with van der Waals surface area (Å²) in [5.74, 6) is 1.27. The Morgan fingerprint density at radius 1 is 1.69 bits per heavy atom. The van der Waals surface area contributed by atoms with E-state index in [-0.39, 0.29) is 32.7 Å². The molecule has 1 saturated heterocycles. The van der Waals surface area contributed by atoms with Crippen molar-refractivity contribution in [2.24, 2.45) is 5.92 Å². The quantitative estimate of drug-likeness (QED) is 0.633. The number of aliphatic hydroxyl groups is 1. The Hall–Kier alpha value is 0.829. The third-order valence-corrected chi connectivity index (χ3v) is 4.17. The van der Waals surface area contributed by atoms with Gasteiger partial charge in [-0.25, -0.2) is 6.07 Å². The van der Waals surface area contributed by atoms with Crippen LogP contribution < -0.4 is 0 Å². The first-order valence-electron chi connectivity index (χ1n) is 6.17. The summed E-state index contributed by atoms with van der Waals surface area (Å²) in [4.78, 5) is 1.44. The van der Waals surface area contributed by atoms with E-state index in [2.05, 4.69) is 23.8 Å². The van der Waals surface area contributed by atoms with E-state index < -0.39 is 0 Å². The van der Waals surface area contributed by atoms with Crippen LogP contribution in [-0.4, -0.2) is 20.4 Å². The fourth-order valence-electron chi connectivity index (χ4n) is 2.41. The van der Waals surface area contributed by atoms with Crippen molar-refractivity contribution in [2.45, 2.75) is 37.8 Å². The van der Waals surface area contributed by atoms with E-state index in [9.17, 15) is 0 Å². The summed E-state index contributed by atoms with van der Waals surface area (Å²) in [5.41, 5.74) is 0. The predicted molar refractivity (Wildman–Crippen MR) is 65.6 cm³/mol. The fraction of sp³-hybridized carbons (Fsp3) is 0.667. The molecule has 1 fully saturated rings. The summed E-state index contributed by atoms with van der Waals surface area (Å²) in [6.07, 6.45) is 6.06. The van der Waals surface area contributed by atoms with Crippen molar-refractivity contribution < 1.29 is 37.8 Å². The third-order valence-electron chi connectivity index (χ3n) is 3.31. The van der Waals surface area contributed by atoms with Crippen LogP contribution in [0.3, 0.4) is 0 Å². The third kappa shape index (κ3) is 4.25. The van der Waals surface area contributed by atoms with Gasteiger partial charge in [0.1, 0.15) is 7.28 Å². The molecule has 4 heteroatoms. The Labute approximate surface area is 130 Å². The zero-order valence-corrected chi connectivity index (χ0v) is 13.2. The first-order valence-corrected chi connectivity index (χ1v) is 6.58. The van der Waals surface area contributed by atoms with E-state index in [1.165, 1.54) is 36.9 Å². The van der Waals surface area contributed by atoms with Gasteiger partial charge in [-0.2, -0.15) is 6.07 Å². The van der Waals surface area contributed by atoms with Crippen LogP contribution in [0, 0.1) is 11.3 Å². The molecule has 1 aliphatic heterocycles. The normalized spacial score (nSPS) is 24.6. The summed E-state index contributed by atoms with van der Waals surface area (Å²) < 4.78 is 6.83. The molecule has 1 aromatic heterocycles. The minimum absolute atomic E-state index is 0. The van der Waals surface area contributed by atoms with Gasteiger partial charge in [0.15, 0.2) is 0 Å². The molecule has 0 aliphatic carbocycles. The average molecular weight is 310 g/mol. The van der Waals surface area contributed by atoms with Crippen LogP contribution in [0.1, 0.15) is 24.1 Å². The first-order chi connectivity index (χ1) is 7.90. The summed E-state index contributed by atoms with van der Waals surface area (Å²) in [6, 6.07) is 4.16. The number of aliphatic hydroxyl groups excluding tert-OH is 1. The van der Waals surface area contributed by atoms with Gasteiger partial charge in [-0.1, -0.05) is 37.8 Å². The predicted octanol–water partition coefficient (Wildman–Crippen LogP) is 2.79. The van der Waals surface area contributed by atoms with E-state index in [1.807, 2.05) is 6.07 Å². The SMILES string of the molecule is [2H]OC[C@H]1CC[B][C@@H]1CCCc1cc[c-]s1.[Y]. The molecule has 84 valence electrons. The Morgan fingerprint density at radius 2 is 2.62 bits per heavy atom. The van der Waals surface area contributed by atoms with Gasteiger partial charge in [-0.15, -0.1) is 10.3 Å². The minimum Gasteiger partial charge on any atom is -0.396 e. The Bertz CT molecular complexity index is 297. The molecular weight excluding hydrogens is 292 g/mol. The molecule has 0 bridgehead atoms. The van der Waals surface area contributed by atoms with Crippen LogP contribution >= 0.6 is 11.3 Å². The van der Waals surface area contributed by atoms with Crippen molar-refractivity contribution in [1.29, 1.82) is 1.43 Å². The fourth-order valence-corrected chi connectivity index (χ4v) is 3.08. The van der Waals surface area contributed by atoms with Gasteiger partial charge in [0.05, 0.1) is 0 Å². The van der Waals surface area contributed by atoms with Crippen LogP contribution in [0.4, 0.5) is 0 Å². The van der Waals surface area contributed by atoms with Gasteiger partial charge in [-0.3, -0.25) is 0 Å². The van der Waals surface area contributed by atoms with Crippen LogP contribution in [0.15, 0.2) is 12.1 Å². The minimum atomic E-state index is 0. The zero-order chi connectivity index (χ0) is 11.2. The largest absolute Gasteiger partial charge is 0.396 e. The molecule has 0 spiro atoms. The number of thiophene rings is 1. The van der Waals surface area contributed by atoms with Crippen molar-refractivity contribution in [3.8, 4) is 0 Å². The monoisotopic (exact) mass is 310 g/mol. The first kappa shape index (κ1) is 13.3. The maximum absolute atomic E-state index is 6.83. The van der Waals surface area contributed by atoms with Crippen molar-refractivity contribution in [1.82, 2.24) is 0 Å². The van der Waals surface area contributed by atoms with E-state index in [1.54, 1.807) is 11.3 Å². The molecule has 1 aromatic rings. The summed E-state index contributed by atoms with van der Waals surface area (Å²) in [5, 5.41) is 7.66. The molecule has 0 aromatic carbocycles. The summed E-state index contributed by atoms with van der Waals surface area (Å²) >= 11 is 1.73. The number of aryl methyl sites for hydroxylation is 1. The second-order valence-electron chi connectivity index (χ2n) is 4.32. The van der Waals surface area contributed by atoms with Crippen molar-refractivity contribution in [3.05, 3.63) is 22.4 Å². The number of hydrogen-bond donors (Lipinski definition) is 1. The van der Waals surface area contributed by atoms with Gasteiger partial charge in [0.2, 0.25) is 1.43 Å². The average Bonchev–Trinajstić information content (AvgIpc) is 2.91. The number of hydrogen-bond acceptors (Lipinski definition) is 2. The maximum Gasteiger partial charge on any atom is 0.210 e. The molecule has 2 heterocycles. The second-order valence-corrected chi connectivity index (χ2v) is 5.28. The van der Waals surface area contributed by atoms with E-state index in [0.29, 0.717) is 18.3 Å². The van der Waals surface area contributed by atoms with Crippen LogP contribution in [0.25, 0.3) is 0 Å². The van der Waals surface area contributed by atoms with E-state index in [4.69, 9.17) is 1.43 Å². The molecule has 1 N–H and O–H groups in total. The molecule has 16 heavy (non-hydrogen) atoms. The van der Waals surface area contributed by atoms with Gasteiger partial charge in [-0.05, 0) is 5.92 Å². The topological polar surface area (TPSA) is 20.2 Å². The number of rotatable bonds is 6. The molecule has 1 nitrogen and oxygen atoms in total. The molecule has 0 saturated carbocycles. The Morgan fingerprint density at radius 3 is 3.38 bits per heavy atom. The van der Waals surface area contributed by atoms with Crippen molar-refractivity contribution >= 4 is 18.6 Å².